The molecule has 2 rings (SSSR count). The fourth-order valence-corrected chi connectivity index (χ4v) is 2.16. The van der Waals surface area contributed by atoms with E-state index in [-0.39, 0.29) is 0 Å². The molecule has 2 heteroatoms. The SMILES string of the molecule is CC(C)Cc1ccc(OC2CCOCC2)cc1. The minimum atomic E-state index is 0.333. The summed E-state index contributed by atoms with van der Waals surface area (Å²) in [6.07, 6.45) is 3.48. The molecule has 1 heterocycles. The van der Waals surface area contributed by atoms with E-state index in [1.165, 1.54) is 5.56 Å². The van der Waals surface area contributed by atoms with Crippen LogP contribution in [0.25, 0.3) is 0 Å². The Morgan fingerprint density at radius 2 is 1.82 bits per heavy atom. The lowest BCUT2D eigenvalue weighted by atomic mass is 10.0. The molecule has 0 amide bonds. The highest BCUT2D eigenvalue weighted by Gasteiger charge is 2.14. The molecule has 0 unspecified atom stereocenters. The Kier molecular flexibility index (Phi) is 4.43. The monoisotopic (exact) mass is 234 g/mol. The fourth-order valence-electron chi connectivity index (χ4n) is 2.16. The largest absolute Gasteiger partial charge is 0.490 e. The van der Waals surface area contributed by atoms with E-state index in [4.69, 9.17) is 9.47 Å². The molecule has 1 aromatic rings. The van der Waals surface area contributed by atoms with Crippen molar-refractivity contribution in [1.29, 1.82) is 0 Å². The maximum absolute atomic E-state index is 5.94. The van der Waals surface area contributed by atoms with Gasteiger partial charge in [-0.2, -0.15) is 0 Å². The van der Waals surface area contributed by atoms with Gasteiger partial charge in [-0.25, -0.2) is 0 Å². The normalized spacial score (nSPS) is 17.4. The van der Waals surface area contributed by atoms with Crippen LogP contribution in [0.3, 0.4) is 0 Å². The summed E-state index contributed by atoms with van der Waals surface area (Å²) in [6.45, 7) is 6.14. The van der Waals surface area contributed by atoms with Crippen molar-refractivity contribution < 1.29 is 9.47 Å². The second-order valence-corrected chi connectivity index (χ2v) is 5.17. The molecule has 0 radical (unpaired) electrons. The topological polar surface area (TPSA) is 18.5 Å². The van der Waals surface area contributed by atoms with Crippen LogP contribution in [0.4, 0.5) is 0 Å². The molecule has 0 atom stereocenters. The van der Waals surface area contributed by atoms with E-state index in [1.807, 2.05) is 0 Å². The minimum Gasteiger partial charge on any atom is -0.490 e. The van der Waals surface area contributed by atoms with Gasteiger partial charge in [0.2, 0.25) is 0 Å². The second-order valence-electron chi connectivity index (χ2n) is 5.17. The third-order valence-corrected chi connectivity index (χ3v) is 3.04. The van der Waals surface area contributed by atoms with E-state index < -0.39 is 0 Å². The second kappa shape index (κ2) is 6.06. The van der Waals surface area contributed by atoms with E-state index in [1.54, 1.807) is 0 Å². The summed E-state index contributed by atoms with van der Waals surface area (Å²) in [5.74, 6) is 1.70. The Morgan fingerprint density at radius 1 is 1.18 bits per heavy atom. The van der Waals surface area contributed by atoms with Crippen LogP contribution in [0.5, 0.6) is 5.75 Å². The quantitative estimate of drug-likeness (QED) is 0.794. The summed E-state index contributed by atoms with van der Waals surface area (Å²) in [7, 11) is 0. The van der Waals surface area contributed by atoms with E-state index in [0.717, 1.165) is 38.2 Å². The summed E-state index contributed by atoms with van der Waals surface area (Å²) in [4.78, 5) is 0. The molecule has 0 bridgehead atoms. The molecule has 0 spiro atoms. The molecular weight excluding hydrogens is 212 g/mol. The van der Waals surface area contributed by atoms with Gasteiger partial charge in [0.25, 0.3) is 0 Å². The molecule has 0 aliphatic carbocycles. The van der Waals surface area contributed by atoms with Gasteiger partial charge in [0.15, 0.2) is 0 Å². The number of benzene rings is 1. The summed E-state index contributed by atoms with van der Waals surface area (Å²) in [5, 5.41) is 0. The van der Waals surface area contributed by atoms with Gasteiger partial charge in [-0.1, -0.05) is 26.0 Å². The predicted molar refractivity (Wildman–Crippen MR) is 69.5 cm³/mol. The molecule has 1 aromatic carbocycles. The third kappa shape index (κ3) is 4.04. The predicted octanol–water partition coefficient (Wildman–Crippen LogP) is 3.44. The van der Waals surface area contributed by atoms with Gasteiger partial charge < -0.3 is 9.47 Å². The number of ether oxygens (including phenoxy) is 2. The lowest BCUT2D eigenvalue weighted by Crippen LogP contribution is -2.25. The summed E-state index contributed by atoms with van der Waals surface area (Å²) in [5.41, 5.74) is 1.39. The number of rotatable bonds is 4. The van der Waals surface area contributed by atoms with Crippen LogP contribution in [0.15, 0.2) is 24.3 Å². The summed E-state index contributed by atoms with van der Waals surface area (Å²) in [6, 6.07) is 8.53. The van der Waals surface area contributed by atoms with Gasteiger partial charge in [-0.3, -0.25) is 0 Å². The lowest BCUT2D eigenvalue weighted by molar-refractivity contribution is 0.0255. The molecule has 1 fully saturated rings. The van der Waals surface area contributed by atoms with Crippen molar-refractivity contribution in [3.8, 4) is 5.75 Å². The van der Waals surface area contributed by atoms with Crippen LogP contribution < -0.4 is 4.74 Å². The van der Waals surface area contributed by atoms with Crippen molar-refractivity contribution in [2.45, 2.75) is 39.2 Å². The molecule has 1 aliphatic rings. The van der Waals surface area contributed by atoms with Crippen LogP contribution in [0.2, 0.25) is 0 Å². The van der Waals surface area contributed by atoms with Crippen molar-refractivity contribution in [3.05, 3.63) is 29.8 Å². The molecule has 0 aromatic heterocycles. The smallest absolute Gasteiger partial charge is 0.119 e. The Balaban J connectivity index is 1.88. The zero-order valence-corrected chi connectivity index (χ0v) is 10.8. The van der Waals surface area contributed by atoms with E-state index in [9.17, 15) is 0 Å². The minimum absolute atomic E-state index is 0.333. The Hall–Kier alpha value is -1.02. The number of hydrogen-bond acceptors (Lipinski definition) is 2. The maximum Gasteiger partial charge on any atom is 0.119 e. The lowest BCUT2D eigenvalue weighted by Gasteiger charge is -2.23. The molecule has 0 saturated carbocycles. The molecule has 2 nitrogen and oxygen atoms in total. The van der Waals surface area contributed by atoms with Crippen LogP contribution >= 0.6 is 0 Å². The molecule has 0 N–H and O–H groups in total. The molecular formula is C15H22O2. The standard InChI is InChI=1S/C15H22O2/c1-12(2)11-13-3-5-14(6-4-13)17-15-7-9-16-10-8-15/h3-6,12,15H,7-11H2,1-2H3. The first-order chi connectivity index (χ1) is 8.24. The van der Waals surface area contributed by atoms with Gasteiger partial charge in [0, 0.05) is 12.8 Å². The first kappa shape index (κ1) is 12.4. The molecule has 94 valence electrons. The highest BCUT2D eigenvalue weighted by atomic mass is 16.5. The average Bonchev–Trinajstić information content (AvgIpc) is 2.32. The highest BCUT2D eigenvalue weighted by molar-refractivity contribution is 5.27. The molecule has 1 saturated heterocycles. The summed E-state index contributed by atoms with van der Waals surface area (Å²) >= 11 is 0. The zero-order valence-electron chi connectivity index (χ0n) is 10.8. The Labute approximate surface area is 104 Å². The van der Waals surface area contributed by atoms with Gasteiger partial charge in [0.05, 0.1) is 13.2 Å². The van der Waals surface area contributed by atoms with Crippen LogP contribution in [-0.2, 0) is 11.2 Å². The van der Waals surface area contributed by atoms with Crippen molar-refractivity contribution >= 4 is 0 Å². The third-order valence-electron chi connectivity index (χ3n) is 3.04. The highest BCUT2D eigenvalue weighted by Crippen LogP contribution is 2.19. The first-order valence-corrected chi connectivity index (χ1v) is 6.57. The Morgan fingerprint density at radius 3 is 2.41 bits per heavy atom. The van der Waals surface area contributed by atoms with Crippen molar-refractivity contribution in [2.75, 3.05) is 13.2 Å². The molecule has 1 aliphatic heterocycles. The van der Waals surface area contributed by atoms with Gasteiger partial charge >= 0.3 is 0 Å². The zero-order chi connectivity index (χ0) is 12.1. The van der Waals surface area contributed by atoms with Crippen molar-refractivity contribution in [2.24, 2.45) is 5.92 Å². The molecule has 17 heavy (non-hydrogen) atoms. The average molecular weight is 234 g/mol. The maximum atomic E-state index is 5.94. The number of hydrogen-bond donors (Lipinski definition) is 0. The van der Waals surface area contributed by atoms with E-state index in [2.05, 4.69) is 38.1 Å². The fraction of sp³-hybridized carbons (Fsp3) is 0.600. The van der Waals surface area contributed by atoms with Gasteiger partial charge in [-0.15, -0.1) is 0 Å². The first-order valence-electron chi connectivity index (χ1n) is 6.57. The Bertz CT molecular complexity index is 323. The van der Waals surface area contributed by atoms with Gasteiger partial charge in [-0.05, 0) is 30.0 Å². The summed E-state index contributed by atoms with van der Waals surface area (Å²) < 4.78 is 11.3. The van der Waals surface area contributed by atoms with Gasteiger partial charge in [0.1, 0.15) is 11.9 Å². The van der Waals surface area contributed by atoms with Crippen LogP contribution in [0.1, 0.15) is 32.3 Å². The van der Waals surface area contributed by atoms with E-state index in [0.29, 0.717) is 12.0 Å². The van der Waals surface area contributed by atoms with Crippen LogP contribution in [-0.4, -0.2) is 19.3 Å². The van der Waals surface area contributed by atoms with E-state index >= 15 is 0 Å². The van der Waals surface area contributed by atoms with Crippen molar-refractivity contribution in [3.63, 3.8) is 0 Å². The van der Waals surface area contributed by atoms with Crippen molar-refractivity contribution in [1.82, 2.24) is 0 Å². The van der Waals surface area contributed by atoms with Crippen LogP contribution in [0, 0.1) is 5.92 Å².